The number of phenols is 1. The number of hydrogen-bond donors (Lipinski definition) is 1. The van der Waals surface area contributed by atoms with Gasteiger partial charge >= 0.3 is 0 Å². The zero-order valence-corrected chi connectivity index (χ0v) is 18.6. The molecule has 0 aliphatic carbocycles. The van der Waals surface area contributed by atoms with Crippen molar-refractivity contribution in [3.05, 3.63) is 60.3 Å². The average Bonchev–Trinajstić information content (AvgIpc) is 2.89. The third kappa shape index (κ3) is 4.18. The number of halogens is 3. The standard InChI is InChI=1S/C18H12Br2ClNO4S/c1-26-13-7-12(19)15(20)11(16(13)23)6-14-17(24)22(18(25)27-14)8-9-3-2-4-10(21)5-9/h2-7,23H,8H2,1H3/b14-6-. The van der Waals surface area contributed by atoms with Gasteiger partial charge in [0.1, 0.15) is 0 Å². The van der Waals surface area contributed by atoms with E-state index in [1.807, 2.05) is 0 Å². The number of benzene rings is 2. The molecule has 0 bridgehead atoms. The molecule has 140 valence electrons. The van der Waals surface area contributed by atoms with Crippen LogP contribution in [-0.4, -0.2) is 28.3 Å². The normalized spacial score (nSPS) is 15.7. The second-order valence-electron chi connectivity index (χ2n) is 5.53. The van der Waals surface area contributed by atoms with Crippen molar-refractivity contribution < 1.29 is 19.4 Å². The molecule has 5 nitrogen and oxygen atoms in total. The molecule has 2 aromatic carbocycles. The number of nitrogens with zero attached hydrogens (tertiary/aromatic N) is 1. The first-order valence-corrected chi connectivity index (χ1v) is 10.3. The zero-order valence-electron chi connectivity index (χ0n) is 13.8. The van der Waals surface area contributed by atoms with Gasteiger partial charge in [0.05, 0.1) is 18.6 Å². The van der Waals surface area contributed by atoms with Gasteiger partial charge in [0.15, 0.2) is 11.5 Å². The number of methoxy groups -OCH3 is 1. The van der Waals surface area contributed by atoms with E-state index in [1.54, 1.807) is 30.3 Å². The summed E-state index contributed by atoms with van der Waals surface area (Å²) >= 11 is 13.5. The Morgan fingerprint density at radius 1 is 1.30 bits per heavy atom. The molecule has 1 heterocycles. The van der Waals surface area contributed by atoms with Crippen LogP contribution in [0.3, 0.4) is 0 Å². The number of imide groups is 1. The molecule has 2 amide bonds. The van der Waals surface area contributed by atoms with Gasteiger partial charge < -0.3 is 9.84 Å². The van der Waals surface area contributed by atoms with Gasteiger partial charge in [-0.3, -0.25) is 14.5 Å². The van der Waals surface area contributed by atoms with Crippen LogP contribution in [0, 0.1) is 0 Å². The summed E-state index contributed by atoms with van der Waals surface area (Å²) in [6, 6.07) is 8.58. The lowest BCUT2D eigenvalue weighted by Gasteiger charge is -2.13. The summed E-state index contributed by atoms with van der Waals surface area (Å²) in [5.41, 5.74) is 1.09. The Morgan fingerprint density at radius 3 is 2.70 bits per heavy atom. The first kappa shape index (κ1) is 20.3. The van der Waals surface area contributed by atoms with Crippen molar-refractivity contribution in [3.8, 4) is 11.5 Å². The molecule has 3 rings (SSSR count). The highest BCUT2D eigenvalue weighted by molar-refractivity contribution is 9.13. The maximum absolute atomic E-state index is 12.7. The third-order valence-electron chi connectivity index (χ3n) is 3.79. The van der Waals surface area contributed by atoms with Gasteiger partial charge in [-0.05, 0) is 73.5 Å². The monoisotopic (exact) mass is 531 g/mol. The van der Waals surface area contributed by atoms with E-state index in [-0.39, 0.29) is 28.2 Å². The lowest BCUT2D eigenvalue weighted by Crippen LogP contribution is -2.27. The Balaban J connectivity index is 1.94. The molecule has 0 aromatic heterocycles. The molecule has 9 heteroatoms. The van der Waals surface area contributed by atoms with Crippen molar-refractivity contribution in [2.75, 3.05) is 7.11 Å². The van der Waals surface area contributed by atoms with Crippen LogP contribution in [-0.2, 0) is 11.3 Å². The van der Waals surface area contributed by atoms with E-state index in [9.17, 15) is 14.7 Å². The lowest BCUT2D eigenvalue weighted by molar-refractivity contribution is -0.123. The fourth-order valence-corrected chi connectivity index (χ4v) is 4.36. The molecular weight excluding hydrogens is 522 g/mol. The van der Waals surface area contributed by atoms with Crippen molar-refractivity contribution in [3.63, 3.8) is 0 Å². The summed E-state index contributed by atoms with van der Waals surface area (Å²) in [6.45, 7) is 0.123. The zero-order chi connectivity index (χ0) is 19.7. The smallest absolute Gasteiger partial charge is 0.293 e. The molecule has 2 aromatic rings. The SMILES string of the molecule is COc1cc(Br)c(Br)c(/C=C2\SC(=O)N(Cc3cccc(Cl)c3)C2=O)c1O. The van der Waals surface area contributed by atoms with Crippen molar-refractivity contribution in [2.45, 2.75) is 6.54 Å². The summed E-state index contributed by atoms with van der Waals surface area (Å²) in [4.78, 5) is 26.4. The molecule has 0 saturated carbocycles. The minimum Gasteiger partial charge on any atom is -0.504 e. The highest BCUT2D eigenvalue weighted by Crippen LogP contribution is 2.43. The summed E-state index contributed by atoms with van der Waals surface area (Å²) in [5.74, 6) is -0.320. The predicted octanol–water partition coefficient (Wildman–Crippen LogP) is 5.82. The van der Waals surface area contributed by atoms with Crippen molar-refractivity contribution in [2.24, 2.45) is 0 Å². The summed E-state index contributed by atoms with van der Waals surface area (Å²) in [7, 11) is 1.43. The molecule has 0 spiro atoms. The van der Waals surface area contributed by atoms with Crippen LogP contribution in [0.4, 0.5) is 4.79 Å². The lowest BCUT2D eigenvalue weighted by atomic mass is 10.1. The largest absolute Gasteiger partial charge is 0.504 e. The molecule has 0 atom stereocenters. The number of carbonyl (C=O) groups is 2. The van der Waals surface area contributed by atoms with Gasteiger partial charge in [0.25, 0.3) is 11.1 Å². The van der Waals surface area contributed by atoms with Crippen LogP contribution in [0.1, 0.15) is 11.1 Å². The maximum Gasteiger partial charge on any atom is 0.293 e. The number of hydrogen-bond acceptors (Lipinski definition) is 5. The fraction of sp³-hybridized carbons (Fsp3) is 0.111. The van der Waals surface area contributed by atoms with Crippen LogP contribution in [0.2, 0.25) is 5.02 Å². The number of aromatic hydroxyl groups is 1. The summed E-state index contributed by atoms with van der Waals surface area (Å²) < 4.78 is 6.32. The van der Waals surface area contributed by atoms with E-state index >= 15 is 0 Å². The van der Waals surface area contributed by atoms with E-state index in [4.69, 9.17) is 16.3 Å². The second-order valence-corrected chi connectivity index (χ2v) is 8.61. The topological polar surface area (TPSA) is 66.8 Å². The molecule has 0 unspecified atom stereocenters. The number of thioether (sulfide) groups is 1. The number of carbonyl (C=O) groups excluding carboxylic acids is 2. The van der Waals surface area contributed by atoms with Crippen molar-refractivity contribution >= 4 is 72.4 Å². The van der Waals surface area contributed by atoms with Crippen molar-refractivity contribution in [1.29, 1.82) is 0 Å². The Morgan fingerprint density at radius 2 is 2.04 bits per heavy atom. The van der Waals surface area contributed by atoms with Crippen LogP contribution >= 0.6 is 55.2 Å². The van der Waals surface area contributed by atoms with E-state index in [2.05, 4.69) is 31.9 Å². The molecule has 1 fully saturated rings. The van der Waals surface area contributed by atoms with Gasteiger partial charge in [0.2, 0.25) is 0 Å². The molecule has 1 aliphatic rings. The highest BCUT2D eigenvalue weighted by Gasteiger charge is 2.35. The molecule has 1 N–H and O–H groups in total. The Hall–Kier alpha value is -1.48. The van der Waals surface area contributed by atoms with E-state index < -0.39 is 5.91 Å². The first-order chi connectivity index (χ1) is 12.8. The molecule has 1 saturated heterocycles. The first-order valence-electron chi connectivity index (χ1n) is 7.56. The van der Waals surface area contributed by atoms with Gasteiger partial charge in [-0.25, -0.2) is 0 Å². The molecular formula is C18H12Br2ClNO4S. The van der Waals surface area contributed by atoms with Crippen LogP contribution < -0.4 is 4.74 Å². The van der Waals surface area contributed by atoms with Gasteiger partial charge in [-0.1, -0.05) is 23.7 Å². The van der Waals surface area contributed by atoms with Gasteiger partial charge in [-0.15, -0.1) is 0 Å². The molecule has 1 aliphatic heterocycles. The number of ether oxygens (including phenoxy) is 1. The summed E-state index contributed by atoms with van der Waals surface area (Å²) in [6.07, 6.45) is 1.47. The Labute approximate surface area is 181 Å². The fourth-order valence-electron chi connectivity index (χ4n) is 2.48. The summed E-state index contributed by atoms with van der Waals surface area (Å²) in [5, 5.41) is 10.5. The molecule has 27 heavy (non-hydrogen) atoms. The van der Waals surface area contributed by atoms with Gasteiger partial charge in [0, 0.05) is 19.5 Å². The van der Waals surface area contributed by atoms with E-state index in [1.165, 1.54) is 13.2 Å². The number of rotatable bonds is 4. The quantitative estimate of drug-likeness (QED) is 0.502. The van der Waals surface area contributed by atoms with E-state index in [0.717, 1.165) is 22.2 Å². The highest BCUT2D eigenvalue weighted by atomic mass is 79.9. The average molecular weight is 534 g/mol. The van der Waals surface area contributed by atoms with E-state index in [0.29, 0.717) is 19.5 Å². The minimum absolute atomic E-state index is 0.123. The van der Waals surface area contributed by atoms with Crippen LogP contribution in [0.15, 0.2) is 44.2 Å². The minimum atomic E-state index is -0.435. The Kier molecular flexibility index (Phi) is 6.20. The van der Waals surface area contributed by atoms with Crippen LogP contribution in [0.25, 0.3) is 6.08 Å². The second kappa shape index (κ2) is 8.26. The van der Waals surface area contributed by atoms with Crippen LogP contribution in [0.5, 0.6) is 11.5 Å². The third-order valence-corrected chi connectivity index (χ3v) is 6.95. The van der Waals surface area contributed by atoms with Gasteiger partial charge in [-0.2, -0.15) is 0 Å². The number of phenolic OH excluding ortho intramolecular Hbond substituents is 1. The molecule has 0 radical (unpaired) electrons. The predicted molar refractivity (Wildman–Crippen MR) is 113 cm³/mol. The Bertz CT molecular complexity index is 980. The maximum atomic E-state index is 12.7. The number of amides is 2. The van der Waals surface area contributed by atoms with Crippen molar-refractivity contribution in [1.82, 2.24) is 4.90 Å².